The van der Waals surface area contributed by atoms with Gasteiger partial charge in [0.25, 0.3) is 15.0 Å². The van der Waals surface area contributed by atoms with Crippen LogP contribution in [0, 0.1) is 5.82 Å². The van der Waals surface area contributed by atoms with Crippen molar-refractivity contribution in [2.24, 2.45) is 0 Å². The summed E-state index contributed by atoms with van der Waals surface area (Å²) in [5, 5.41) is 2.67. The Kier molecular flexibility index (Phi) is 3.09. The van der Waals surface area contributed by atoms with Crippen molar-refractivity contribution in [2.45, 2.75) is 23.8 Å². The highest BCUT2D eigenvalue weighted by atomic mass is 35.7. The Morgan fingerprint density at radius 3 is 2.59 bits per heavy atom. The Bertz CT molecular complexity index is 569. The van der Waals surface area contributed by atoms with Gasteiger partial charge in [0.05, 0.1) is 0 Å². The molecule has 0 aromatic heterocycles. The van der Waals surface area contributed by atoms with Gasteiger partial charge in [-0.25, -0.2) is 12.8 Å². The van der Waals surface area contributed by atoms with Crippen molar-refractivity contribution < 1.29 is 17.6 Å². The van der Waals surface area contributed by atoms with E-state index in [1.165, 1.54) is 6.07 Å². The largest absolute Gasteiger partial charge is 0.349 e. The third-order valence-electron chi connectivity index (χ3n) is 2.37. The number of benzene rings is 1. The van der Waals surface area contributed by atoms with Crippen molar-refractivity contribution in [1.82, 2.24) is 5.32 Å². The molecule has 0 heterocycles. The lowest BCUT2D eigenvalue weighted by Gasteiger charge is -2.05. The van der Waals surface area contributed by atoms with Crippen LogP contribution in [0.3, 0.4) is 0 Å². The van der Waals surface area contributed by atoms with Crippen LogP contribution in [0.2, 0.25) is 0 Å². The van der Waals surface area contributed by atoms with Crippen molar-refractivity contribution in [2.75, 3.05) is 0 Å². The molecule has 1 aliphatic rings. The number of hydrogen-bond donors (Lipinski definition) is 1. The molecule has 7 heteroatoms. The summed E-state index contributed by atoms with van der Waals surface area (Å²) in [7, 11) is 0.874. The summed E-state index contributed by atoms with van der Waals surface area (Å²) in [6, 6.07) is 3.22. The molecule has 4 nitrogen and oxygen atoms in total. The maximum Gasteiger partial charge on any atom is 0.264 e. The van der Waals surface area contributed by atoms with E-state index < -0.39 is 25.7 Å². The number of carbonyl (C=O) groups excluding carboxylic acids is 1. The number of carbonyl (C=O) groups is 1. The Hall–Kier alpha value is -1.14. The number of halogens is 2. The lowest BCUT2D eigenvalue weighted by atomic mass is 10.2. The van der Waals surface area contributed by atoms with E-state index in [9.17, 15) is 17.6 Å². The van der Waals surface area contributed by atoms with E-state index in [0.29, 0.717) is 0 Å². The second-order valence-corrected chi connectivity index (χ2v) is 6.37. The summed E-state index contributed by atoms with van der Waals surface area (Å²) in [4.78, 5) is 10.9. The first-order valence-corrected chi connectivity index (χ1v) is 7.24. The van der Waals surface area contributed by atoms with Gasteiger partial charge < -0.3 is 5.32 Å². The van der Waals surface area contributed by atoms with E-state index in [1.807, 2.05) is 0 Å². The van der Waals surface area contributed by atoms with Gasteiger partial charge >= 0.3 is 0 Å². The van der Waals surface area contributed by atoms with Gasteiger partial charge in [-0.1, -0.05) is 0 Å². The van der Waals surface area contributed by atoms with E-state index >= 15 is 0 Å². The predicted molar refractivity (Wildman–Crippen MR) is 59.9 cm³/mol. The topological polar surface area (TPSA) is 63.2 Å². The monoisotopic (exact) mass is 277 g/mol. The molecule has 1 fully saturated rings. The molecule has 0 saturated heterocycles. The van der Waals surface area contributed by atoms with Crippen LogP contribution in [-0.2, 0) is 9.05 Å². The minimum Gasteiger partial charge on any atom is -0.349 e. The summed E-state index contributed by atoms with van der Waals surface area (Å²) in [6.45, 7) is 0. The summed E-state index contributed by atoms with van der Waals surface area (Å²) in [5.41, 5.74) is 0.0810. The molecule has 1 aromatic rings. The van der Waals surface area contributed by atoms with E-state index in [-0.39, 0.29) is 11.6 Å². The van der Waals surface area contributed by atoms with Crippen LogP contribution in [0.15, 0.2) is 23.1 Å². The maximum absolute atomic E-state index is 13.2. The molecule has 1 amide bonds. The molecular formula is C10H9ClFNO3S. The van der Waals surface area contributed by atoms with E-state index in [4.69, 9.17) is 10.7 Å². The molecule has 0 unspecified atom stereocenters. The fourth-order valence-corrected chi connectivity index (χ4v) is 2.25. The second kappa shape index (κ2) is 4.27. The van der Waals surface area contributed by atoms with Crippen molar-refractivity contribution in [3.63, 3.8) is 0 Å². The molecule has 17 heavy (non-hydrogen) atoms. The molecule has 1 saturated carbocycles. The molecule has 0 bridgehead atoms. The fraction of sp³-hybridized carbons (Fsp3) is 0.300. The Labute approximate surface area is 102 Å². The summed E-state index contributed by atoms with van der Waals surface area (Å²) < 4.78 is 35.3. The van der Waals surface area contributed by atoms with Gasteiger partial charge in [-0.2, -0.15) is 0 Å². The van der Waals surface area contributed by atoms with Gasteiger partial charge in [-0.15, -0.1) is 0 Å². The van der Waals surface area contributed by atoms with Crippen LogP contribution in [0.25, 0.3) is 0 Å². The lowest BCUT2D eigenvalue weighted by Crippen LogP contribution is -2.25. The molecule has 1 N–H and O–H groups in total. The SMILES string of the molecule is O=C(NC1CC1)c1ccc(F)c(S(=O)(=O)Cl)c1. The quantitative estimate of drug-likeness (QED) is 0.855. The molecule has 2 rings (SSSR count). The van der Waals surface area contributed by atoms with Gasteiger partial charge in [0.2, 0.25) is 0 Å². The minimum absolute atomic E-state index is 0.0810. The maximum atomic E-state index is 13.2. The van der Waals surface area contributed by atoms with E-state index in [2.05, 4.69) is 5.32 Å². The highest BCUT2D eigenvalue weighted by Gasteiger charge is 2.25. The first-order chi connectivity index (χ1) is 7.88. The van der Waals surface area contributed by atoms with Gasteiger partial charge in [0, 0.05) is 22.3 Å². The van der Waals surface area contributed by atoms with Gasteiger partial charge in [0.1, 0.15) is 10.7 Å². The predicted octanol–water partition coefficient (Wildman–Crippen LogP) is 1.65. The summed E-state index contributed by atoms with van der Waals surface area (Å²) >= 11 is 0. The average Bonchev–Trinajstić information content (AvgIpc) is 3.00. The second-order valence-electron chi connectivity index (χ2n) is 3.83. The number of rotatable bonds is 3. The van der Waals surface area contributed by atoms with Crippen LogP contribution in [0.4, 0.5) is 4.39 Å². The summed E-state index contributed by atoms with van der Waals surface area (Å²) in [5.74, 6) is -1.39. The van der Waals surface area contributed by atoms with Crippen LogP contribution in [0.1, 0.15) is 23.2 Å². The Morgan fingerprint density at radius 2 is 2.06 bits per heavy atom. The van der Waals surface area contributed by atoms with Gasteiger partial charge in [0.15, 0.2) is 0 Å². The third kappa shape index (κ3) is 2.95. The van der Waals surface area contributed by atoms with Crippen LogP contribution in [0.5, 0.6) is 0 Å². The highest BCUT2D eigenvalue weighted by molar-refractivity contribution is 8.13. The van der Waals surface area contributed by atoms with Crippen molar-refractivity contribution in [3.8, 4) is 0 Å². The molecule has 0 spiro atoms. The van der Waals surface area contributed by atoms with Crippen LogP contribution >= 0.6 is 10.7 Å². The normalized spacial score (nSPS) is 15.6. The minimum atomic E-state index is -4.19. The van der Waals surface area contributed by atoms with Crippen molar-refractivity contribution >= 4 is 25.6 Å². The number of amides is 1. The molecule has 0 radical (unpaired) electrons. The van der Waals surface area contributed by atoms with Crippen molar-refractivity contribution in [1.29, 1.82) is 0 Å². The molecular weight excluding hydrogens is 269 g/mol. The molecule has 92 valence electrons. The zero-order valence-electron chi connectivity index (χ0n) is 8.61. The molecule has 0 aliphatic heterocycles. The number of hydrogen-bond acceptors (Lipinski definition) is 3. The smallest absolute Gasteiger partial charge is 0.264 e. The fourth-order valence-electron chi connectivity index (χ4n) is 1.33. The van der Waals surface area contributed by atoms with Crippen LogP contribution < -0.4 is 5.32 Å². The molecule has 1 aromatic carbocycles. The average molecular weight is 278 g/mol. The van der Waals surface area contributed by atoms with Gasteiger partial charge in [-0.05, 0) is 31.0 Å². The van der Waals surface area contributed by atoms with E-state index in [0.717, 1.165) is 25.0 Å². The number of nitrogens with one attached hydrogen (secondary N) is 1. The first kappa shape index (κ1) is 12.3. The summed E-state index contributed by atoms with van der Waals surface area (Å²) in [6.07, 6.45) is 1.82. The van der Waals surface area contributed by atoms with E-state index in [1.54, 1.807) is 0 Å². The van der Waals surface area contributed by atoms with Crippen molar-refractivity contribution in [3.05, 3.63) is 29.6 Å². The molecule has 1 aliphatic carbocycles. The lowest BCUT2D eigenvalue weighted by molar-refractivity contribution is 0.0951. The Morgan fingerprint density at radius 1 is 1.41 bits per heavy atom. The molecule has 0 atom stereocenters. The van der Waals surface area contributed by atoms with Crippen LogP contribution in [-0.4, -0.2) is 20.4 Å². The zero-order valence-corrected chi connectivity index (χ0v) is 10.2. The Balaban J connectivity index is 2.33. The third-order valence-corrected chi connectivity index (χ3v) is 3.71. The first-order valence-electron chi connectivity index (χ1n) is 4.93. The van der Waals surface area contributed by atoms with Gasteiger partial charge in [-0.3, -0.25) is 4.79 Å². The highest BCUT2D eigenvalue weighted by Crippen LogP contribution is 2.22. The standard InChI is InChI=1S/C10H9ClFNO3S/c11-17(15,16)9-5-6(1-4-8(9)12)10(14)13-7-2-3-7/h1,4-5,7H,2-3H2,(H,13,14). The zero-order chi connectivity index (χ0) is 12.6.